The van der Waals surface area contributed by atoms with Gasteiger partial charge >= 0.3 is 5.97 Å². The Labute approximate surface area is 280 Å². The van der Waals surface area contributed by atoms with E-state index in [-0.39, 0.29) is 12.1 Å². The van der Waals surface area contributed by atoms with Gasteiger partial charge in [0.1, 0.15) is 18.0 Å². The van der Waals surface area contributed by atoms with Crippen molar-refractivity contribution in [3.63, 3.8) is 0 Å². The zero-order chi connectivity index (χ0) is 33.3. The smallest absolute Gasteiger partial charge is 0.338 e. The lowest BCUT2D eigenvalue weighted by molar-refractivity contribution is -0.0592. The van der Waals surface area contributed by atoms with Gasteiger partial charge in [0, 0.05) is 41.4 Å². The number of fused-ring (bicyclic) bond motifs is 2. The topological polar surface area (TPSA) is 115 Å². The Morgan fingerprint density at radius 1 is 1.02 bits per heavy atom. The minimum atomic E-state index is -0.562. The molecule has 2 aliphatic heterocycles. The Morgan fingerprint density at radius 2 is 1.85 bits per heavy atom. The maximum Gasteiger partial charge on any atom is 0.338 e. The summed E-state index contributed by atoms with van der Waals surface area (Å²) in [4.78, 5) is 29.6. The predicted octanol–water partition coefficient (Wildman–Crippen LogP) is 6.55. The van der Waals surface area contributed by atoms with Gasteiger partial charge in [0.25, 0.3) is 0 Å². The number of piperidine rings is 1. The molecule has 0 unspecified atom stereocenters. The van der Waals surface area contributed by atoms with Crippen molar-refractivity contribution in [2.24, 2.45) is 0 Å². The van der Waals surface area contributed by atoms with Crippen LogP contribution in [0.4, 0.5) is 0 Å². The first-order chi connectivity index (χ1) is 23.2. The summed E-state index contributed by atoms with van der Waals surface area (Å²) >= 11 is 0. The number of benzene rings is 2. The van der Waals surface area contributed by atoms with E-state index in [0.717, 1.165) is 84.5 Å². The second-order valence-corrected chi connectivity index (χ2v) is 13.7. The number of nitriles is 1. The van der Waals surface area contributed by atoms with E-state index in [1.807, 2.05) is 57.2 Å². The number of nitrogens with zero attached hydrogens (tertiary/aromatic N) is 6. The Kier molecular flexibility index (Phi) is 8.82. The van der Waals surface area contributed by atoms with Gasteiger partial charge in [-0.1, -0.05) is 12.1 Å². The van der Waals surface area contributed by atoms with Crippen LogP contribution in [0, 0.1) is 11.3 Å². The lowest BCUT2D eigenvalue weighted by Crippen LogP contribution is -2.35. The predicted molar refractivity (Wildman–Crippen MR) is 182 cm³/mol. The second-order valence-electron chi connectivity index (χ2n) is 13.7. The number of rotatable bonds is 9. The van der Waals surface area contributed by atoms with E-state index in [0.29, 0.717) is 36.1 Å². The summed E-state index contributed by atoms with van der Waals surface area (Å²) in [5.41, 5.74) is 5.20. The first-order valence-electron chi connectivity index (χ1n) is 16.7. The third-order valence-corrected chi connectivity index (χ3v) is 9.10. The summed E-state index contributed by atoms with van der Waals surface area (Å²) in [6.07, 6.45) is 4.90. The molecule has 0 amide bonds. The van der Waals surface area contributed by atoms with Gasteiger partial charge in [-0.25, -0.2) is 14.8 Å². The fourth-order valence-corrected chi connectivity index (χ4v) is 6.47. The molecule has 48 heavy (non-hydrogen) atoms. The molecule has 0 spiro atoms. The van der Waals surface area contributed by atoms with Crippen molar-refractivity contribution >= 4 is 27.9 Å². The molecule has 2 aliphatic rings. The van der Waals surface area contributed by atoms with Gasteiger partial charge in [0.2, 0.25) is 5.88 Å². The molecule has 10 nitrogen and oxygen atoms in total. The SMILES string of the molecule is CC(C)(C)OC(=O)c1ccc2nc(CN3CCC(c4cccc(OCc5ccnc6cc(C#N)ccc56)n4)CC3)n(C[C@@H]3CCO3)c2c1. The Bertz CT molecular complexity index is 2000. The van der Waals surface area contributed by atoms with Gasteiger partial charge in [-0.15, -0.1) is 0 Å². The van der Waals surface area contributed by atoms with Gasteiger partial charge in [-0.2, -0.15) is 5.26 Å². The molecule has 2 fully saturated rings. The number of likely N-dealkylation sites (tertiary alicyclic amines) is 1. The van der Waals surface area contributed by atoms with Crippen molar-refractivity contribution in [2.45, 2.75) is 77.4 Å². The number of aromatic nitrogens is 4. The van der Waals surface area contributed by atoms with Crippen LogP contribution in [0.2, 0.25) is 0 Å². The fourth-order valence-electron chi connectivity index (χ4n) is 6.47. The van der Waals surface area contributed by atoms with Crippen LogP contribution < -0.4 is 4.74 Å². The first kappa shape index (κ1) is 31.7. The standard InChI is InChI=1S/C38H40N6O4/c1-38(2,3)48-37(45)27-8-10-32-34(20-27)44(22-29-14-18-46-29)35(41-32)23-43-16-12-26(13-17-43)31-5-4-6-36(42-31)47-24-28-11-15-40-33-19-25(21-39)7-9-30(28)33/h4-11,15,19-20,26,29H,12-14,16-18,22-24H2,1-3H3/t29-/m0/s1. The number of carbonyl (C=O) groups is 1. The maximum absolute atomic E-state index is 12.9. The van der Waals surface area contributed by atoms with Crippen molar-refractivity contribution < 1.29 is 19.0 Å². The minimum absolute atomic E-state index is 0.159. The van der Waals surface area contributed by atoms with Crippen LogP contribution in [-0.2, 0) is 29.2 Å². The molecule has 0 radical (unpaired) electrons. The molecule has 10 heteroatoms. The molecule has 3 aromatic heterocycles. The van der Waals surface area contributed by atoms with Crippen LogP contribution in [0.1, 0.15) is 79.0 Å². The average molecular weight is 645 g/mol. The van der Waals surface area contributed by atoms with Crippen LogP contribution in [0.15, 0.2) is 66.9 Å². The molecule has 0 bridgehead atoms. The van der Waals surface area contributed by atoms with E-state index in [9.17, 15) is 10.1 Å². The van der Waals surface area contributed by atoms with Crippen LogP contribution >= 0.6 is 0 Å². The minimum Gasteiger partial charge on any atom is -0.473 e. The molecular formula is C38H40N6O4. The molecular weight excluding hydrogens is 604 g/mol. The van der Waals surface area contributed by atoms with E-state index >= 15 is 0 Å². The van der Waals surface area contributed by atoms with Gasteiger partial charge in [0.05, 0.1) is 52.9 Å². The molecule has 0 saturated carbocycles. The molecule has 7 rings (SSSR count). The number of pyridine rings is 2. The van der Waals surface area contributed by atoms with E-state index in [1.165, 1.54) is 0 Å². The molecule has 246 valence electrons. The number of carbonyl (C=O) groups excluding carboxylic acids is 1. The largest absolute Gasteiger partial charge is 0.473 e. The van der Waals surface area contributed by atoms with E-state index in [4.69, 9.17) is 24.2 Å². The Morgan fingerprint density at radius 3 is 2.60 bits per heavy atom. The van der Waals surface area contributed by atoms with Gasteiger partial charge in [0.15, 0.2) is 0 Å². The molecule has 1 atom stereocenters. The van der Waals surface area contributed by atoms with Gasteiger partial charge in [-0.3, -0.25) is 9.88 Å². The number of hydrogen-bond donors (Lipinski definition) is 0. The van der Waals surface area contributed by atoms with Crippen LogP contribution in [-0.4, -0.2) is 61.8 Å². The van der Waals surface area contributed by atoms with E-state index in [1.54, 1.807) is 24.4 Å². The highest BCUT2D eigenvalue weighted by Gasteiger charge is 2.27. The third-order valence-electron chi connectivity index (χ3n) is 9.10. The average Bonchev–Trinajstić information content (AvgIpc) is 3.40. The van der Waals surface area contributed by atoms with Gasteiger partial charge < -0.3 is 18.8 Å². The molecule has 5 heterocycles. The zero-order valence-electron chi connectivity index (χ0n) is 27.7. The summed E-state index contributed by atoms with van der Waals surface area (Å²) in [6, 6.07) is 21.3. The molecule has 5 aromatic rings. The highest BCUT2D eigenvalue weighted by molar-refractivity contribution is 5.94. The molecule has 0 N–H and O–H groups in total. The number of ether oxygens (including phenoxy) is 3. The summed E-state index contributed by atoms with van der Waals surface area (Å²) in [6.45, 7) is 10.1. The van der Waals surface area contributed by atoms with Crippen LogP contribution in [0.25, 0.3) is 21.9 Å². The summed E-state index contributed by atoms with van der Waals surface area (Å²) in [7, 11) is 0. The lowest BCUT2D eigenvalue weighted by Gasteiger charge is -2.32. The first-order valence-corrected chi connectivity index (χ1v) is 16.7. The lowest BCUT2D eigenvalue weighted by atomic mass is 9.93. The highest BCUT2D eigenvalue weighted by atomic mass is 16.6. The molecule has 2 saturated heterocycles. The quantitative estimate of drug-likeness (QED) is 0.165. The monoisotopic (exact) mass is 644 g/mol. The maximum atomic E-state index is 12.9. The van der Waals surface area contributed by atoms with Crippen molar-refractivity contribution in [3.8, 4) is 11.9 Å². The number of imidazole rings is 1. The van der Waals surface area contributed by atoms with E-state index < -0.39 is 5.60 Å². The van der Waals surface area contributed by atoms with E-state index in [2.05, 4.69) is 26.6 Å². The fraction of sp³-hybridized carbons (Fsp3) is 0.395. The summed E-state index contributed by atoms with van der Waals surface area (Å²) in [5, 5.41) is 10.2. The normalized spacial score (nSPS) is 17.2. The van der Waals surface area contributed by atoms with Crippen LogP contribution in [0.5, 0.6) is 5.88 Å². The summed E-state index contributed by atoms with van der Waals surface area (Å²) < 4.78 is 19.8. The second kappa shape index (κ2) is 13.3. The highest BCUT2D eigenvalue weighted by Crippen LogP contribution is 2.30. The summed E-state index contributed by atoms with van der Waals surface area (Å²) in [5.74, 6) is 1.60. The Hall–Kier alpha value is -4.85. The zero-order valence-corrected chi connectivity index (χ0v) is 27.7. The third kappa shape index (κ3) is 7.03. The Balaban J connectivity index is 1.01. The van der Waals surface area contributed by atoms with Crippen molar-refractivity contribution in [2.75, 3.05) is 19.7 Å². The number of esters is 1. The van der Waals surface area contributed by atoms with Crippen LogP contribution in [0.3, 0.4) is 0 Å². The van der Waals surface area contributed by atoms with Crippen molar-refractivity contribution in [1.82, 2.24) is 24.4 Å². The molecule has 2 aromatic carbocycles. The molecule has 0 aliphatic carbocycles. The number of hydrogen-bond acceptors (Lipinski definition) is 9. The van der Waals surface area contributed by atoms with Gasteiger partial charge in [-0.05, 0) is 95.6 Å². The van der Waals surface area contributed by atoms with Crippen molar-refractivity contribution in [3.05, 3.63) is 95.1 Å². The van der Waals surface area contributed by atoms with Crippen molar-refractivity contribution in [1.29, 1.82) is 5.26 Å².